The number of carboxylic acid groups (broad SMARTS) is 1. The second kappa shape index (κ2) is 5.97. The minimum atomic E-state index is -0.914. The molecule has 0 aromatic heterocycles. The summed E-state index contributed by atoms with van der Waals surface area (Å²) in [6.07, 6.45) is 1.60. The third-order valence-corrected chi connectivity index (χ3v) is 4.13. The Labute approximate surface area is 118 Å². The molecule has 2 fully saturated rings. The minimum Gasteiger partial charge on any atom is -0.481 e. The molecule has 3 N–H and O–H groups in total. The molecule has 2 heterocycles. The molecule has 7 nitrogen and oxygen atoms in total. The molecular weight excluding hydrogens is 264 g/mol. The van der Waals surface area contributed by atoms with Gasteiger partial charge in [-0.3, -0.25) is 4.79 Å². The second-order valence-electron chi connectivity index (χ2n) is 5.87. The molecule has 1 unspecified atom stereocenters. The SMILES string of the molecule is CC1(NC(=O)NCC2(C(=O)O)CCOCC2)CCOC1. The molecule has 0 aromatic rings. The van der Waals surface area contributed by atoms with E-state index < -0.39 is 11.4 Å². The third-order valence-electron chi connectivity index (χ3n) is 4.13. The molecule has 2 amide bonds. The van der Waals surface area contributed by atoms with E-state index in [1.165, 1.54) is 0 Å². The molecule has 2 rings (SSSR count). The van der Waals surface area contributed by atoms with Gasteiger partial charge >= 0.3 is 12.0 Å². The van der Waals surface area contributed by atoms with Crippen LogP contribution in [0.3, 0.4) is 0 Å². The fourth-order valence-electron chi connectivity index (χ4n) is 2.56. The van der Waals surface area contributed by atoms with E-state index in [1.807, 2.05) is 6.92 Å². The van der Waals surface area contributed by atoms with Gasteiger partial charge in [-0.05, 0) is 26.2 Å². The minimum absolute atomic E-state index is 0.120. The molecule has 0 spiro atoms. The number of hydrogen-bond donors (Lipinski definition) is 3. The molecule has 20 heavy (non-hydrogen) atoms. The first kappa shape index (κ1) is 15.1. The Bertz CT molecular complexity index is 373. The van der Waals surface area contributed by atoms with Gasteiger partial charge in [0.1, 0.15) is 0 Å². The highest BCUT2D eigenvalue weighted by Gasteiger charge is 2.41. The Morgan fingerprint density at radius 3 is 2.35 bits per heavy atom. The zero-order chi connectivity index (χ0) is 14.6. The average molecular weight is 286 g/mol. The molecule has 2 aliphatic heterocycles. The van der Waals surface area contributed by atoms with Crippen LogP contribution in [0.15, 0.2) is 0 Å². The molecule has 7 heteroatoms. The summed E-state index contributed by atoms with van der Waals surface area (Å²) in [5, 5.41) is 14.9. The number of carboxylic acids is 1. The largest absolute Gasteiger partial charge is 0.481 e. The van der Waals surface area contributed by atoms with E-state index in [0.29, 0.717) is 39.3 Å². The highest BCUT2D eigenvalue weighted by atomic mass is 16.5. The monoisotopic (exact) mass is 286 g/mol. The highest BCUT2D eigenvalue weighted by molar-refractivity contribution is 5.78. The van der Waals surface area contributed by atoms with Crippen molar-refractivity contribution in [3.05, 3.63) is 0 Å². The van der Waals surface area contributed by atoms with Crippen molar-refractivity contribution >= 4 is 12.0 Å². The Morgan fingerprint density at radius 2 is 1.80 bits per heavy atom. The number of hydrogen-bond acceptors (Lipinski definition) is 4. The predicted molar refractivity (Wildman–Crippen MR) is 70.5 cm³/mol. The van der Waals surface area contributed by atoms with Crippen molar-refractivity contribution in [2.45, 2.75) is 31.7 Å². The van der Waals surface area contributed by atoms with E-state index in [4.69, 9.17) is 9.47 Å². The van der Waals surface area contributed by atoms with Crippen LogP contribution >= 0.6 is 0 Å². The van der Waals surface area contributed by atoms with Gasteiger partial charge in [-0.15, -0.1) is 0 Å². The Morgan fingerprint density at radius 1 is 1.15 bits per heavy atom. The van der Waals surface area contributed by atoms with Gasteiger partial charge in [0.05, 0.1) is 17.6 Å². The lowest BCUT2D eigenvalue weighted by Crippen LogP contribution is -2.54. The maximum absolute atomic E-state index is 11.9. The van der Waals surface area contributed by atoms with Crippen molar-refractivity contribution in [1.29, 1.82) is 0 Å². The number of nitrogens with one attached hydrogen (secondary N) is 2. The van der Waals surface area contributed by atoms with Crippen LogP contribution in [0.2, 0.25) is 0 Å². The first-order chi connectivity index (χ1) is 9.46. The highest BCUT2D eigenvalue weighted by Crippen LogP contribution is 2.30. The van der Waals surface area contributed by atoms with Crippen molar-refractivity contribution in [3.63, 3.8) is 0 Å². The Kier molecular flexibility index (Phi) is 4.49. The summed E-state index contributed by atoms with van der Waals surface area (Å²) in [6, 6.07) is -0.342. The summed E-state index contributed by atoms with van der Waals surface area (Å²) in [6.45, 7) is 3.99. The molecule has 1 atom stereocenters. The van der Waals surface area contributed by atoms with Crippen LogP contribution in [0.25, 0.3) is 0 Å². The van der Waals surface area contributed by atoms with Crippen molar-refractivity contribution in [2.75, 3.05) is 33.0 Å². The van der Waals surface area contributed by atoms with Crippen LogP contribution in [-0.4, -0.2) is 55.6 Å². The van der Waals surface area contributed by atoms with Gasteiger partial charge in [0.2, 0.25) is 0 Å². The van der Waals surface area contributed by atoms with E-state index >= 15 is 0 Å². The number of ether oxygens (including phenoxy) is 2. The standard InChI is InChI=1S/C13H22N2O5/c1-12(2-5-20-9-12)15-11(18)14-8-13(10(16)17)3-6-19-7-4-13/h2-9H2,1H3,(H,16,17)(H2,14,15,18). The number of carbonyl (C=O) groups is 2. The second-order valence-corrected chi connectivity index (χ2v) is 5.87. The molecule has 2 aliphatic rings. The fraction of sp³-hybridized carbons (Fsp3) is 0.846. The number of amides is 2. The predicted octanol–water partition coefficient (Wildman–Crippen LogP) is 0.346. The lowest BCUT2D eigenvalue weighted by Gasteiger charge is -2.33. The quantitative estimate of drug-likeness (QED) is 0.692. The van der Waals surface area contributed by atoms with Crippen LogP contribution in [-0.2, 0) is 14.3 Å². The fourth-order valence-corrected chi connectivity index (χ4v) is 2.56. The Balaban J connectivity index is 1.86. The molecule has 0 saturated carbocycles. The maximum atomic E-state index is 11.9. The number of rotatable bonds is 4. The van der Waals surface area contributed by atoms with Gasteiger partial charge in [-0.2, -0.15) is 0 Å². The van der Waals surface area contributed by atoms with Crippen molar-refractivity contribution in [1.82, 2.24) is 10.6 Å². The van der Waals surface area contributed by atoms with Crippen LogP contribution in [0, 0.1) is 5.41 Å². The summed E-state index contributed by atoms with van der Waals surface area (Å²) in [4.78, 5) is 23.4. The topological polar surface area (TPSA) is 96.9 Å². The van der Waals surface area contributed by atoms with Crippen LogP contribution < -0.4 is 10.6 Å². The van der Waals surface area contributed by atoms with E-state index in [2.05, 4.69) is 10.6 Å². The summed E-state index contributed by atoms with van der Waals surface area (Å²) >= 11 is 0. The lowest BCUT2D eigenvalue weighted by molar-refractivity contribution is -0.154. The zero-order valence-corrected chi connectivity index (χ0v) is 11.7. The van der Waals surface area contributed by atoms with Gasteiger partial charge in [0.25, 0.3) is 0 Å². The van der Waals surface area contributed by atoms with Gasteiger partial charge in [0, 0.05) is 26.4 Å². The third kappa shape index (κ3) is 3.40. The molecule has 0 aliphatic carbocycles. The summed E-state index contributed by atoms with van der Waals surface area (Å²) in [5.41, 5.74) is -1.28. The molecule has 0 bridgehead atoms. The summed E-state index contributed by atoms with van der Waals surface area (Å²) in [7, 11) is 0. The van der Waals surface area contributed by atoms with Gasteiger partial charge in [-0.1, -0.05) is 0 Å². The average Bonchev–Trinajstić information content (AvgIpc) is 2.84. The molecule has 0 aromatic carbocycles. The zero-order valence-electron chi connectivity index (χ0n) is 11.7. The van der Waals surface area contributed by atoms with Crippen LogP contribution in [0.4, 0.5) is 4.79 Å². The normalized spacial score (nSPS) is 28.9. The van der Waals surface area contributed by atoms with E-state index in [0.717, 1.165) is 6.42 Å². The Hall–Kier alpha value is -1.34. The van der Waals surface area contributed by atoms with Crippen molar-refractivity contribution < 1.29 is 24.2 Å². The molecule has 114 valence electrons. The van der Waals surface area contributed by atoms with Gasteiger partial charge < -0.3 is 25.2 Å². The maximum Gasteiger partial charge on any atom is 0.315 e. The number of carbonyl (C=O) groups excluding carboxylic acids is 1. The molecule has 2 saturated heterocycles. The van der Waals surface area contributed by atoms with Crippen LogP contribution in [0.5, 0.6) is 0 Å². The summed E-state index contributed by atoms with van der Waals surface area (Å²) < 4.78 is 10.5. The van der Waals surface area contributed by atoms with E-state index in [9.17, 15) is 14.7 Å². The van der Waals surface area contributed by atoms with Gasteiger partial charge in [0.15, 0.2) is 0 Å². The number of aliphatic carboxylic acids is 1. The van der Waals surface area contributed by atoms with Gasteiger partial charge in [-0.25, -0.2) is 4.79 Å². The van der Waals surface area contributed by atoms with Crippen molar-refractivity contribution in [2.24, 2.45) is 5.41 Å². The lowest BCUT2D eigenvalue weighted by atomic mass is 9.80. The van der Waals surface area contributed by atoms with Crippen molar-refractivity contribution in [3.8, 4) is 0 Å². The first-order valence-corrected chi connectivity index (χ1v) is 6.91. The summed E-state index contributed by atoms with van der Waals surface area (Å²) in [5.74, 6) is -0.878. The van der Waals surface area contributed by atoms with E-state index in [-0.39, 0.29) is 18.1 Å². The number of urea groups is 1. The smallest absolute Gasteiger partial charge is 0.315 e. The van der Waals surface area contributed by atoms with Crippen LogP contribution in [0.1, 0.15) is 26.2 Å². The van der Waals surface area contributed by atoms with E-state index in [1.54, 1.807) is 0 Å². The molecular formula is C13H22N2O5. The first-order valence-electron chi connectivity index (χ1n) is 6.91. The molecule has 0 radical (unpaired) electrons.